The number of nitriles is 1. The Kier molecular flexibility index (Phi) is 6.55. The molecular formula is C23H30N6O3. The molecule has 1 amide bonds. The van der Waals surface area contributed by atoms with Crippen molar-refractivity contribution in [2.75, 3.05) is 36.4 Å². The third-order valence-corrected chi connectivity index (χ3v) is 4.84. The van der Waals surface area contributed by atoms with Crippen LogP contribution in [0.15, 0.2) is 30.5 Å². The second kappa shape index (κ2) is 9.01. The van der Waals surface area contributed by atoms with Gasteiger partial charge in [-0.2, -0.15) is 5.26 Å². The van der Waals surface area contributed by atoms with Gasteiger partial charge < -0.3 is 25.0 Å². The van der Waals surface area contributed by atoms with Gasteiger partial charge in [0.15, 0.2) is 0 Å². The number of aryl methyl sites for hydroxylation is 1. The van der Waals surface area contributed by atoms with Crippen LogP contribution in [0.4, 0.5) is 22.1 Å². The van der Waals surface area contributed by atoms with Crippen molar-refractivity contribution in [2.24, 2.45) is 0 Å². The van der Waals surface area contributed by atoms with E-state index in [-0.39, 0.29) is 6.54 Å². The molecule has 1 saturated heterocycles. The van der Waals surface area contributed by atoms with E-state index in [1.54, 1.807) is 13.0 Å². The van der Waals surface area contributed by atoms with Crippen molar-refractivity contribution in [1.82, 2.24) is 14.9 Å². The molecule has 32 heavy (non-hydrogen) atoms. The topological polar surface area (TPSA) is 115 Å². The summed E-state index contributed by atoms with van der Waals surface area (Å²) in [4.78, 5) is 24.9. The molecule has 0 saturated carbocycles. The van der Waals surface area contributed by atoms with Crippen molar-refractivity contribution in [3.05, 3.63) is 41.7 Å². The van der Waals surface area contributed by atoms with Gasteiger partial charge in [0, 0.05) is 31.5 Å². The van der Waals surface area contributed by atoms with Gasteiger partial charge in [0.1, 0.15) is 23.3 Å². The molecule has 0 aliphatic carbocycles. The average molecular weight is 439 g/mol. The molecule has 2 N–H and O–H groups in total. The molecule has 170 valence electrons. The highest BCUT2D eigenvalue weighted by Crippen LogP contribution is 2.24. The Morgan fingerprint density at radius 2 is 2.06 bits per heavy atom. The fourth-order valence-electron chi connectivity index (χ4n) is 3.51. The Labute approximate surface area is 188 Å². The van der Waals surface area contributed by atoms with Crippen molar-refractivity contribution in [1.29, 1.82) is 5.26 Å². The highest BCUT2D eigenvalue weighted by Gasteiger charge is 2.35. The lowest BCUT2D eigenvalue weighted by atomic mass is 10.1. The van der Waals surface area contributed by atoms with E-state index in [9.17, 15) is 15.2 Å². The van der Waals surface area contributed by atoms with Gasteiger partial charge in [0.25, 0.3) is 0 Å². The minimum atomic E-state index is -1.14. The maximum atomic E-state index is 12.6. The first-order valence-electron chi connectivity index (χ1n) is 10.5. The van der Waals surface area contributed by atoms with E-state index in [4.69, 9.17) is 4.74 Å². The molecule has 0 spiro atoms. The summed E-state index contributed by atoms with van der Waals surface area (Å²) < 4.78 is 5.48. The van der Waals surface area contributed by atoms with E-state index in [0.717, 1.165) is 5.69 Å². The lowest BCUT2D eigenvalue weighted by Crippen LogP contribution is -2.47. The largest absolute Gasteiger partial charge is 0.444 e. The van der Waals surface area contributed by atoms with Crippen LogP contribution in [0.3, 0.4) is 0 Å². The number of aliphatic hydroxyl groups is 1. The number of pyridine rings is 2. The quantitative estimate of drug-likeness (QED) is 0.751. The Balaban J connectivity index is 1.79. The maximum absolute atomic E-state index is 12.6. The minimum absolute atomic E-state index is 0.165. The monoisotopic (exact) mass is 438 g/mol. The number of anilines is 3. The normalized spacial score (nSPS) is 19.2. The number of β-amino-alcohol motifs (C(OH)–C–C–N with tert-alkyl or cyclic N) is 1. The van der Waals surface area contributed by atoms with Gasteiger partial charge in [-0.05, 0) is 52.8 Å². The number of nitrogens with zero attached hydrogens (tertiary/aromatic N) is 5. The van der Waals surface area contributed by atoms with Gasteiger partial charge >= 0.3 is 6.09 Å². The van der Waals surface area contributed by atoms with Crippen molar-refractivity contribution in [3.8, 4) is 6.07 Å². The van der Waals surface area contributed by atoms with Crippen LogP contribution < -0.4 is 10.2 Å². The smallest absolute Gasteiger partial charge is 0.410 e. The zero-order chi connectivity index (χ0) is 23.5. The molecule has 1 atom stereocenters. The van der Waals surface area contributed by atoms with Crippen LogP contribution in [-0.4, -0.2) is 63.4 Å². The molecule has 0 bridgehead atoms. The Morgan fingerprint density at radius 3 is 2.75 bits per heavy atom. The van der Waals surface area contributed by atoms with E-state index in [2.05, 4.69) is 21.4 Å². The summed E-state index contributed by atoms with van der Waals surface area (Å²) in [7, 11) is 0. The standard InChI is InChI=1S/C23H30N6O3/c1-16-11-18(17(12-24)13-25-16)26-19-7-6-8-20(27-19)28-9-10-29(15-23(5,31)14-28)21(30)32-22(2,3)4/h6-8,11,13,31H,9-10,14-15H2,1-5H3,(H,25,26,27). The van der Waals surface area contributed by atoms with Crippen LogP contribution in [-0.2, 0) is 4.74 Å². The number of hydrogen-bond donors (Lipinski definition) is 2. The van der Waals surface area contributed by atoms with Gasteiger partial charge in [-0.25, -0.2) is 9.78 Å². The molecule has 3 rings (SSSR count). The van der Waals surface area contributed by atoms with E-state index < -0.39 is 17.3 Å². The van der Waals surface area contributed by atoms with Gasteiger partial charge in [-0.3, -0.25) is 4.98 Å². The summed E-state index contributed by atoms with van der Waals surface area (Å²) in [6.07, 6.45) is 1.08. The van der Waals surface area contributed by atoms with Gasteiger partial charge in [0.2, 0.25) is 0 Å². The number of amides is 1. The number of nitrogens with one attached hydrogen (secondary N) is 1. The van der Waals surface area contributed by atoms with E-state index in [1.807, 2.05) is 50.8 Å². The SMILES string of the molecule is Cc1cc(Nc2cccc(N3CCN(C(=O)OC(C)(C)C)CC(C)(O)C3)n2)c(C#N)cn1. The zero-order valence-corrected chi connectivity index (χ0v) is 19.2. The van der Waals surface area contributed by atoms with Crippen molar-refractivity contribution < 1.29 is 14.6 Å². The van der Waals surface area contributed by atoms with Crippen molar-refractivity contribution in [3.63, 3.8) is 0 Å². The van der Waals surface area contributed by atoms with E-state index >= 15 is 0 Å². The first-order chi connectivity index (χ1) is 15.0. The van der Waals surface area contributed by atoms with Gasteiger partial charge in [0.05, 0.1) is 23.4 Å². The molecule has 1 fully saturated rings. The number of rotatable bonds is 3. The molecule has 2 aromatic rings. The second-order valence-corrected chi connectivity index (χ2v) is 9.31. The van der Waals surface area contributed by atoms with Crippen LogP contribution in [0.2, 0.25) is 0 Å². The molecule has 3 heterocycles. The summed E-state index contributed by atoms with van der Waals surface area (Å²) in [6.45, 7) is 10.4. The summed E-state index contributed by atoms with van der Waals surface area (Å²) in [5, 5.41) is 23.5. The predicted molar refractivity (Wildman–Crippen MR) is 122 cm³/mol. The maximum Gasteiger partial charge on any atom is 0.410 e. The van der Waals surface area contributed by atoms with Crippen LogP contribution in [0.25, 0.3) is 0 Å². The molecule has 9 heteroatoms. The lowest BCUT2D eigenvalue weighted by molar-refractivity contribution is -0.000276. The lowest BCUT2D eigenvalue weighted by Gasteiger charge is -2.31. The Hall–Kier alpha value is -3.38. The Morgan fingerprint density at radius 1 is 1.31 bits per heavy atom. The fraction of sp³-hybridized carbons (Fsp3) is 0.478. The highest BCUT2D eigenvalue weighted by atomic mass is 16.6. The van der Waals surface area contributed by atoms with Crippen molar-refractivity contribution >= 4 is 23.4 Å². The number of carbonyl (C=O) groups is 1. The van der Waals surface area contributed by atoms with Crippen LogP contribution in [0.1, 0.15) is 39.0 Å². The first kappa shape index (κ1) is 23.3. The summed E-state index contributed by atoms with van der Waals surface area (Å²) in [6, 6.07) is 9.44. The summed E-state index contributed by atoms with van der Waals surface area (Å²) in [5.74, 6) is 1.23. The molecule has 1 aliphatic heterocycles. The third-order valence-electron chi connectivity index (χ3n) is 4.84. The number of aromatic nitrogens is 2. The molecule has 1 unspecified atom stereocenters. The average Bonchev–Trinajstić information content (AvgIpc) is 2.85. The number of carbonyl (C=O) groups excluding carboxylic acids is 1. The summed E-state index contributed by atoms with van der Waals surface area (Å²) >= 11 is 0. The molecule has 2 aromatic heterocycles. The minimum Gasteiger partial charge on any atom is -0.444 e. The number of hydrogen-bond acceptors (Lipinski definition) is 8. The van der Waals surface area contributed by atoms with Crippen LogP contribution in [0.5, 0.6) is 0 Å². The highest BCUT2D eigenvalue weighted by molar-refractivity contribution is 5.69. The molecule has 1 aliphatic rings. The number of ether oxygens (including phenoxy) is 1. The molecular weight excluding hydrogens is 408 g/mol. The van der Waals surface area contributed by atoms with Gasteiger partial charge in [-0.1, -0.05) is 6.07 Å². The Bertz CT molecular complexity index is 1030. The van der Waals surface area contributed by atoms with Gasteiger partial charge in [-0.15, -0.1) is 0 Å². The zero-order valence-electron chi connectivity index (χ0n) is 19.2. The predicted octanol–water partition coefficient (Wildman–Crippen LogP) is 3.21. The van der Waals surface area contributed by atoms with E-state index in [0.29, 0.717) is 42.5 Å². The molecule has 9 nitrogen and oxygen atoms in total. The molecule has 0 radical (unpaired) electrons. The molecule has 0 aromatic carbocycles. The third kappa shape index (κ3) is 6.08. The van der Waals surface area contributed by atoms with Crippen LogP contribution in [0, 0.1) is 18.3 Å². The summed E-state index contributed by atoms with van der Waals surface area (Å²) in [5.41, 5.74) is 0.0873. The second-order valence-electron chi connectivity index (χ2n) is 9.31. The van der Waals surface area contributed by atoms with Crippen molar-refractivity contribution in [2.45, 2.75) is 45.8 Å². The first-order valence-corrected chi connectivity index (χ1v) is 10.5. The fourth-order valence-corrected chi connectivity index (χ4v) is 3.51. The van der Waals surface area contributed by atoms with Crippen LogP contribution >= 0.6 is 0 Å². The van der Waals surface area contributed by atoms with E-state index in [1.165, 1.54) is 11.1 Å².